The molecule has 0 aromatic rings. The van der Waals surface area contributed by atoms with Gasteiger partial charge in [0.1, 0.15) is 0 Å². The molecule has 0 aromatic carbocycles. The molecule has 2 N–H and O–H groups in total. The summed E-state index contributed by atoms with van der Waals surface area (Å²) in [5, 5.41) is 6.64. The van der Waals surface area contributed by atoms with Gasteiger partial charge in [0.25, 0.3) is 0 Å². The van der Waals surface area contributed by atoms with E-state index in [-0.39, 0.29) is 0 Å². The Morgan fingerprint density at radius 1 is 0.833 bits per heavy atom. The van der Waals surface area contributed by atoms with Gasteiger partial charge in [-0.05, 0) is 52.6 Å². The zero-order chi connectivity index (χ0) is 8.81. The summed E-state index contributed by atoms with van der Waals surface area (Å²) >= 11 is 0. The van der Waals surface area contributed by atoms with E-state index in [0.29, 0.717) is 0 Å². The first-order chi connectivity index (χ1) is 5.79. The molecule has 2 aliphatic rings. The predicted molar refractivity (Wildman–Crippen MR) is 53.4 cm³/mol. The Morgan fingerprint density at radius 2 is 1.25 bits per heavy atom. The van der Waals surface area contributed by atoms with Crippen LogP contribution in [0.1, 0.15) is 39.5 Å². The van der Waals surface area contributed by atoms with Crippen molar-refractivity contribution in [2.75, 3.05) is 13.1 Å². The van der Waals surface area contributed by atoms with E-state index in [4.69, 9.17) is 0 Å². The van der Waals surface area contributed by atoms with E-state index in [9.17, 15) is 0 Å². The van der Waals surface area contributed by atoms with Crippen molar-refractivity contribution >= 4 is 0 Å². The van der Waals surface area contributed by atoms with E-state index in [1.165, 1.54) is 38.8 Å². The van der Waals surface area contributed by atoms with Gasteiger partial charge in [-0.1, -0.05) is 0 Å². The Labute approximate surface area is 76.1 Å². The van der Waals surface area contributed by atoms with E-state index in [2.05, 4.69) is 24.5 Å². The molecule has 2 heteroatoms. The van der Waals surface area contributed by atoms with Crippen molar-refractivity contribution in [1.82, 2.24) is 10.6 Å². The fraction of sp³-hybridized carbons (Fsp3) is 1.00. The summed E-state index contributed by atoms with van der Waals surface area (Å²) in [6, 6.07) is 1.59. The van der Waals surface area contributed by atoms with Crippen molar-refractivity contribution < 1.29 is 0 Å². The van der Waals surface area contributed by atoms with Crippen LogP contribution in [-0.2, 0) is 0 Å². The molecular weight excluding hydrogens is 148 g/mol. The van der Waals surface area contributed by atoms with E-state index in [0.717, 1.165) is 12.1 Å². The van der Waals surface area contributed by atoms with Gasteiger partial charge >= 0.3 is 0 Å². The Morgan fingerprint density at radius 3 is 1.33 bits per heavy atom. The summed E-state index contributed by atoms with van der Waals surface area (Å²) in [5.41, 5.74) is 0. The maximum absolute atomic E-state index is 3.32. The minimum Gasteiger partial charge on any atom is -0.314 e. The first kappa shape index (κ1) is 10.0. The monoisotopic (exact) mass is 170 g/mol. The van der Waals surface area contributed by atoms with Crippen LogP contribution in [0.4, 0.5) is 0 Å². The van der Waals surface area contributed by atoms with E-state index in [1.54, 1.807) is 0 Å². The van der Waals surface area contributed by atoms with E-state index >= 15 is 0 Å². The molecule has 2 rings (SSSR count). The first-order valence-corrected chi connectivity index (χ1v) is 5.26. The average Bonchev–Trinajstić information content (AvgIpc) is 2.63. The molecule has 2 unspecified atom stereocenters. The third-order valence-electron chi connectivity index (χ3n) is 2.61. The van der Waals surface area contributed by atoms with Crippen molar-refractivity contribution in [2.24, 2.45) is 0 Å². The maximum atomic E-state index is 3.32. The van der Waals surface area contributed by atoms with Crippen LogP contribution in [0.25, 0.3) is 0 Å². The van der Waals surface area contributed by atoms with Crippen LogP contribution < -0.4 is 10.6 Å². The van der Waals surface area contributed by atoms with Crippen molar-refractivity contribution in [3.63, 3.8) is 0 Å². The molecule has 0 spiro atoms. The van der Waals surface area contributed by atoms with Gasteiger partial charge in [-0.25, -0.2) is 0 Å². The lowest BCUT2D eigenvalue weighted by Crippen LogP contribution is -2.16. The van der Waals surface area contributed by atoms with Gasteiger partial charge in [-0.15, -0.1) is 0 Å². The van der Waals surface area contributed by atoms with Crippen molar-refractivity contribution in [3.8, 4) is 0 Å². The molecule has 0 saturated carbocycles. The quantitative estimate of drug-likeness (QED) is 0.576. The number of nitrogens with one attached hydrogen (secondary N) is 2. The minimum absolute atomic E-state index is 0.796. The topological polar surface area (TPSA) is 24.1 Å². The van der Waals surface area contributed by atoms with Gasteiger partial charge in [0, 0.05) is 12.1 Å². The molecule has 2 aliphatic heterocycles. The zero-order valence-corrected chi connectivity index (χ0v) is 8.40. The van der Waals surface area contributed by atoms with Crippen LogP contribution in [0.15, 0.2) is 0 Å². The molecule has 2 saturated heterocycles. The maximum Gasteiger partial charge on any atom is 0.00391 e. The number of rotatable bonds is 0. The Bertz CT molecular complexity index is 88.4. The summed E-state index contributed by atoms with van der Waals surface area (Å²) < 4.78 is 0. The molecule has 2 fully saturated rings. The third-order valence-corrected chi connectivity index (χ3v) is 2.61. The summed E-state index contributed by atoms with van der Waals surface area (Å²) in [6.45, 7) is 6.93. The van der Waals surface area contributed by atoms with Gasteiger partial charge in [0.05, 0.1) is 0 Å². The van der Waals surface area contributed by atoms with E-state index in [1.807, 2.05) is 0 Å². The van der Waals surface area contributed by atoms with Crippen molar-refractivity contribution in [1.29, 1.82) is 0 Å². The molecule has 0 amide bonds. The fourth-order valence-electron chi connectivity index (χ4n) is 1.72. The van der Waals surface area contributed by atoms with Crippen molar-refractivity contribution in [2.45, 2.75) is 51.6 Å². The zero-order valence-electron chi connectivity index (χ0n) is 8.40. The highest BCUT2D eigenvalue weighted by Gasteiger charge is 2.06. The molecule has 72 valence electrons. The normalized spacial score (nSPS) is 34.5. The molecule has 0 bridgehead atoms. The second-order valence-corrected chi connectivity index (χ2v) is 3.99. The smallest absolute Gasteiger partial charge is 0.00391 e. The largest absolute Gasteiger partial charge is 0.314 e. The minimum atomic E-state index is 0.796. The number of hydrogen-bond acceptors (Lipinski definition) is 2. The number of hydrogen-bond donors (Lipinski definition) is 2. The molecule has 2 heterocycles. The van der Waals surface area contributed by atoms with Gasteiger partial charge in [-0.2, -0.15) is 0 Å². The molecule has 2 nitrogen and oxygen atoms in total. The standard InChI is InChI=1S/2C5H11N/c2*1-5-3-2-4-6-5/h2*5-6H,2-4H2,1H3. The Kier molecular flexibility index (Phi) is 4.62. The summed E-state index contributed by atoms with van der Waals surface area (Å²) in [6.07, 6.45) is 5.50. The lowest BCUT2D eigenvalue weighted by Gasteiger charge is -1.95. The molecule has 0 radical (unpaired) electrons. The average molecular weight is 170 g/mol. The summed E-state index contributed by atoms with van der Waals surface area (Å²) in [7, 11) is 0. The van der Waals surface area contributed by atoms with Crippen LogP contribution in [0, 0.1) is 0 Å². The molecule has 2 atom stereocenters. The van der Waals surface area contributed by atoms with Crippen molar-refractivity contribution in [3.05, 3.63) is 0 Å². The van der Waals surface area contributed by atoms with Crippen LogP contribution in [0.5, 0.6) is 0 Å². The highest BCUT2D eigenvalue weighted by molar-refractivity contribution is 4.68. The molecular formula is C10H22N2. The van der Waals surface area contributed by atoms with Gasteiger partial charge < -0.3 is 10.6 Å². The van der Waals surface area contributed by atoms with E-state index < -0.39 is 0 Å². The van der Waals surface area contributed by atoms with Crippen LogP contribution >= 0.6 is 0 Å². The van der Waals surface area contributed by atoms with Crippen LogP contribution in [0.2, 0.25) is 0 Å². The SMILES string of the molecule is CC1CCCN1.CC1CCCN1. The fourth-order valence-corrected chi connectivity index (χ4v) is 1.72. The van der Waals surface area contributed by atoms with Gasteiger partial charge in [-0.3, -0.25) is 0 Å². The predicted octanol–water partition coefficient (Wildman–Crippen LogP) is 1.52. The summed E-state index contributed by atoms with van der Waals surface area (Å²) in [5.74, 6) is 0. The van der Waals surface area contributed by atoms with Gasteiger partial charge in [0.2, 0.25) is 0 Å². The molecule has 0 aliphatic carbocycles. The molecule has 12 heavy (non-hydrogen) atoms. The molecule has 0 aromatic heterocycles. The van der Waals surface area contributed by atoms with Crippen LogP contribution in [-0.4, -0.2) is 25.2 Å². The Hall–Kier alpha value is -0.0800. The second-order valence-electron chi connectivity index (χ2n) is 3.99. The third kappa shape index (κ3) is 4.07. The highest BCUT2D eigenvalue weighted by Crippen LogP contribution is 2.01. The highest BCUT2D eigenvalue weighted by atomic mass is 14.9. The lowest BCUT2D eigenvalue weighted by molar-refractivity contribution is 0.664. The first-order valence-electron chi connectivity index (χ1n) is 5.26. The summed E-state index contributed by atoms with van der Waals surface area (Å²) in [4.78, 5) is 0. The van der Waals surface area contributed by atoms with Crippen LogP contribution in [0.3, 0.4) is 0 Å². The van der Waals surface area contributed by atoms with Gasteiger partial charge in [0.15, 0.2) is 0 Å². The second kappa shape index (κ2) is 5.55. The Balaban J connectivity index is 0.000000120. The lowest BCUT2D eigenvalue weighted by atomic mass is 10.3.